The van der Waals surface area contributed by atoms with Gasteiger partial charge in [0.1, 0.15) is 0 Å². The molecule has 27 heavy (non-hydrogen) atoms. The van der Waals surface area contributed by atoms with E-state index in [9.17, 15) is 12.3 Å². The van der Waals surface area contributed by atoms with Crippen LogP contribution < -0.4 is 13.8 Å². The van der Waals surface area contributed by atoms with Crippen molar-refractivity contribution in [1.29, 1.82) is 0 Å². The number of anilines is 3. The molecule has 2 aliphatic rings. The zero-order chi connectivity index (χ0) is 18.9. The molecule has 0 saturated heterocycles. The van der Waals surface area contributed by atoms with Gasteiger partial charge in [0.25, 0.3) is 0 Å². The Morgan fingerprint density at radius 3 is 2.56 bits per heavy atom. The first-order valence-electron chi connectivity index (χ1n) is 8.60. The predicted molar refractivity (Wildman–Crippen MR) is 104 cm³/mol. The third-order valence-electron chi connectivity index (χ3n) is 5.02. The van der Waals surface area contributed by atoms with E-state index in [-0.39, 0.29) is 15.7 Å². The molecule has 1 unspecified atom stereocenters. The van der Waals surface area contributed by atoms with Gasteiger partial charge in [0.2, 0.25) is 0 Å². The maximum absolute atomic E-state index is 13.3. The average molecular weight is 443 g/mol. The van der Waals surface area contributed by atoms with E-state index in [1.807, 2.05) is 23.1 Å². The van der Waals surface area contributed by atoms with E-state index < -0.39 is 23.7 Å². The first kappa shape index (κ1) is 16.8. The van der Waals surface area contributed by atoms with E-state index in [0.717, 1.165) is 5.56 Å². The molecule has 0 amide bonds. The van der Waals surface area contributed by atoms with Crippen LogP contribution in [0, 0.1) is 0 Å². The van der Waals surface area contributed by atoms with Gasteiger partial charge in [0, 0.05) is 0 Å². The van der Waals surface area contributed by atoms with Gasteiger partial charge in [-0.1, -0.05) is 0 Å². The van der Waals surface area contributed by atoms with Crippen LogP contribution in [-0.2, 0) is 13.7 Å². The Morgan fingerprint density at radius 2 is 1.78 bits per heavy atom. The van der Waals surface area contributed by atoms with Crippen molar-refractivity contribution in [3.05, 3.63) is 60.3 Å². The normalized spacial score (nSPS) is 18.6. The first-order valence-corrected chi connectivity index (χ1v) is 12.5. The molecule has 7 heteroatoms. The van der Waals surface area contributed by atoms with Crippen molar-refractivity contribution in [2.24, 2.45) is 0 Å². The van der Waals surface area contributed by atoms with Crippen molar-refractivity contribution in [3.63, 3.8) is 0 Å². The summed E-state index contributed by atoms with van der Waals surface area (Å²) in [5, 5.41) is 0. The van der Waals surface area contributed by atoms with Crippen molar-refractivity contribution < 1.29 is 12.3 Å². The number of para-hydroxylation sites is 1. The van der Waals surface area contributed by atoms with Crippen LogP contribution in [0.4, 0.5) is 17.2 Å². The molecule has 1 aromatic heterocycles. The number of hydrogen-bond donors (Lipinski definition) is 0. The number of sulfone groups is 1. The Balaban J connectivity index is 1.95. The topological polar surface area (TPSA) is 67.3 Å². The fraction of sp³-hybridized carbons (Fsp3) is 0.150. The molecule has 0 radical (unpaired) electrons. The van der Waals surface area contributed by atoms with Gasteiger partial charge in [-0.15, -0.1) is 0 Å². The van der Waals surface area contributed by atoms with Crippen LogP contribution in [0.1, 0.15) is 25.3 Å². The molecule has 1 atom stereocenters. The summed E-state index contributed by atoms with van der Waals surface area (Å²) in [5.41, 5.74) is 2.12. The van der Waals surface area contributed by atoms with Crippen LogP contribution in [0.3, 0.4) is 0 Å². The number of benzene rings is 2. The number of fused-ring (bicyclic) bond motifs is 4. The summed E-state index contributed by atoms with van der Waals surface area (Å²) in [4.78, 5) is 6.82. The van der Waals surface area contributed by atoms with E-state index in [1.54, 1.807) is 36.5 Å². The van der Waals surface area contributed by atoms with E-state index in [1.165, 1.54) is 0 Å². The molecule has 0 fully saturated rings. The fourth-order valence-electron chi connectivity index (χ4n) is 3.66. The molecule has 3 heterocycles. The second-order valence-corrected chi connectivity index (χ2v) is 11.8. The van der Waals surface area contributed by atoms with E-state index in [2.05, 4.69) is 18.8 Å². The Labute approximate surface area is 161 Å². The fourth-order valence-corrected chi connectivity index (χ4v) is 8.21. The summed E-state index contributed by atoms with van der Waals surface area (Å²) < 4.78 is 41.1. The van der Waals surface area contributed by atoms with Crippen LogP contribution in [0.25, 0.3) is 0 Å². The minimum absolute atomic E-state index is 0.200. The molecule has 5 nitrogen and oxygen atoms in total. The molecule has 0 aliphatic carbocycles. The summed E-state index contributed by atoms with van der Waals surface area (Å²) in [6.07, 6.45) is 1.65. The van der Waals surface area contributed by atoms with Gasteiger partial charge in [0.05, 0.1) is 0 Å². The molecule has 0 bridgehead atoms. The second-order valence-electron chi connectivity index (χ2n) is 6.92. The number of pyridine rings is 1. The van der Waals surface area contributed by atoms with Gasteiger partial charge >= 0.3 is 162 Å². The van der Waals surface area contributed by atoms with Crippen LogP contribution in [0.5, 0.6) is 0 Å². The van der Waals surface area contributed by atoms with E-state index in [0.29, 0.717) is 26.1 Å². The monoisotopic (exact) mass is 444 g/mol. The van der Waals surface area contributed by atoms with Crippen LogP contribution >= 0.6 is 0 Å². The molecular formula is C20H16N2O3SSe. The standard InChI is InChI=1S/C20H16N2O3SSe/c1-12(2)13-8-9-15-14(11-13)22-19-16(26(15,23)24)5-3-6-17(19)27(25)18-7-4-10-21-20(18)22/h3-12H,1-2H3. The van der Waals surface area contributed by atoms with Gasteiger partial charge in [-0.2, -0.15) is 0 Å². The molecule has 136 valence electrons. The summed E-state index contributed by atoms with van der Waals surface area (Å²) in [6.45, 7) is 4.14. The second kappa shape index (κ2) is 5.58. The number of nitrogens with zero attached hydrogens (tertiary/aromatic N) is 2. The molecule has 0 spiro atoms. The number of aromatic nitrogens is 1. The molecule has 0 saturated carbocycles. The van der Waals surface area contributed by atoms with Gasteiger partial charge < -0.3 is 0 Å². The summed E-state index contributed by atoms with van der Waals surface area (Å²) in [6, 6.07) is 14.1. The molecule has 2 aromatic carbocycles. The van der Waals surface area contributed by atoms with Gasteiger partial charge in [-0.3, -0.25) is 0 Å². The SMILES string of the molecule is CC(C)c1ccc2c(c1)N1c3ncccc3[Se](=O)c3cccc(c31)S2(=O)=O. The zero-order valence-corrected chi connectivity index (χ0v) is 17.2. The Morgan fingerprint density at radius 1 is 1.00 bits per heavy atom. The summed E-state index contributed by atoms with van der Waals surface area (Å²) in [5.74, 6) is 0.817. The van der Waals surface area contributed by atoms with Crippen LogP contribution in [0.2, 0.25) is 0 Å². The molecule has 3 aromatic rings. The quantitative estimate of drug-likeness (QED) is 0.373. The number of rotatable bonds is 1. The predicted octanol–water partition coefficient (Wildman–Crippen LogP) is 2.67. The van der Waals surface area contributed by atoms with Crippen molar-refractivity contribution in [2.75, 3.05) is 4.90 Å². The maximum atomic E-state index is 13.3. The molecule has 5 rings (SSSR count). The van der Waals surface area contributed by atoms with Crippen LogP contribution in [0.15, 0.2) is 64.5 Å². The zero-order valence-electron chi connectivity index (χ0n) is 14.7. The minimum atomic E-state index is -3.69. The van der Waals surface area contributed by atoms with Gasteiger partial charge in [-0.25, -0.2) is 0 Å². The Hall–Kier alpha value is -2.34. The summed E-state index contributed by atoms with van der Waals surface area (Å²) in [7, 11) is -3.69. The van der Waals surface area contributed by atoms with Crippen molar-refractivity contribution >= 4 is 49.8 Å². The third kappa shape index (κ3) is 2.16. The van der Waals surface area contributed by atoms with Gasteiger partial charge in [-0.05, 0) is 0 Å². The van der Waals surface area contributed by atoms with Crippen molar-refractivity contribution in [1.82, 2.24) is 4.98 Å². The Kier molecular flexibility index (Phi) is 3.47. The first-order chi connectivity index (χ1) is 12.9. The van der Waals surface area contributed by atoms with Gasteiger partial charge in [0.15, 0.2) is 0 Å². The van der Waals surface area contributed by atoms with Crippen molar-refractivity contribution in [3.8, 4) is 0 Å². The van der Waals surface area contributed by atoms with E-state index >= 15 is 0 Å². The van der Waals surface area contributed by atoms with Crippen molar-refractivity contribution in [2.45, 2.75) is 29.6 Å². The van der Waals surface area contributed by atoms with E-state index in [4.69, 9.17) is 0 Å². The summed E-state index contributed by atoms with van der Waals surface area (Å²) >= 11 is -2.60. The molecular weight excluding hydrogens is 427 g/mol. The molecule has 2 aliphatic heterocycles. The van der Waals surface area contributed by atoms with Crippen LogP contribution in [-0.4, -0.2) is 27.2 Å². The Bertz CT molecular complexity index is 1250. The third-order valence-corrected chi connectivity index (χ3v) is 9.89. The molecule has 0 N–H and O–H groups in total. The number of hydrogen-bond acceptors (Lipinski definition) is 5. The average Bonchev–Trinajstić information content (AvgIpc) is 2.67.